The Hall–Kier alpha value is -2.56. The molecule has 0 fully saturated rings. The van der Waals surface area contributed by atoms with Crippen LogP contribution in [-0.4, -0.2) is 17.4 Å². The molecule has 0 unspecified atom stereocenters. The average molecular weight is 284 g/mol. The predicted molar refractivity (Wildman–Crippen MR) is 85.0 cm³/mol. The lowest BCUT2D eigenvalue weighted by atomic mass is 10.1. The van der Waals surface area contributed by atoms with Gasteiger partial charge < -0.3 is 16.4 Å². The SMILES string of the molecule is CCCN(Cc1ccccc1N)c1ncccc1C(N)=O. The van der Waals surface area contributed by atoms with E-state index in [1.54, 1.807) is 18.3 Å². The number of para-hydroxylation sites is 1. The molecule has 0 aliphatic carbocycles. The summed E-state index contributed by atoms with van der Waals surface area (Å²) in [5.41, 5.74) is 13.6. The Labute approximate surface area is 124 Å². The van der Waals surface area contributed by atoms with Crippen LogP contribution in [0.3, 0.4) is 0 Å². The van der Waals surface area contributed by atoms with Crippen LogP contribution in [0.15, 0.2) is 42.6 Å². The summed E-state index contributed by atoms with van der Waals surface area (Å²) in [6.45, 7) is 3.44. The van der Waals surface area contributed by atoms with Gasteiger partial charge in [-0.15, -0.1) is 0 Å². The number of amides is 1. The number of hydrogen-bond donors (Lipinski definition) is 2. The van der Waals surface area contributed by atoms with Crippen molar-refractivity contribution in [2.24, 2.45) is 5.73 Å². The number of rotatable bonds is 6. The summed E-state index contributed by atoms with van der Waals surface area (Å²) in [7, 11) is 0. The van der Waals surface area contributed by atoms with E-state index >= 15 is 0 Å². The summed E-state index contributed by atoms with van der Waals surface area (Å²) in [6.07, 6.45) is 2.60. The number of carbonyl (C=O) groups excluding carboxylic acids is 1. The number of aromatic nitrogens is 1. The van der Waals surface area contributed by atoms with Gasteiger partial charge in [-0.05, 0) is 30.2 Å². The van der Waals surface area contributed by atoms with Crippen LogP contribution in [-0.2, 0) is 6.54 Å². The third-order valence-electron chi connectivity index (χ3n) is 3.26. The van der Waals surface area contributed by atoms with Crippen molar-refractivity contribution in [3.8, 4) is 0 Å². The summed E-state index contributed by atoms with van der Waals surface area (Å²) >= 11 is 0. The fourth-order valence-electron chi connectivity index (χ4n) is 2.25. The molecule has 0 saturated carbocycles. The Kier molecular flexibility index (Phi) is 4.77. The maximum Gasteiger partial charge on any atom is 0.252 e. The summed E-state index contributed by atoms with van der Waals surface area (Å²) in [5.74, 6) is 0.135. The van der Waals surface area contributed by atoms with E-state index in [2.05, 4.69) is 11.9 Å². The Bertz CT molecular complexity index is 627. The zero-order valence-electron chi connectivity index (χ0n) is 12.1. The van der Waals surface area contributed by atoms with Gasteiger partial charge in [-0.1, -0.05) is 25.1 Å². The Morgan fingerprint density at radius 1 is 1.24 bits per heavy atom. The first-order valence-corrected chi connectivity index (χ1v) is 6.96. The van der Waals surface area contributed by atoms with Gasteiger partial charge >= 0.3 is 0 Å². The Balaban J connectivity index is 2.36. The van der Waals surface area contributed by atoms with Gasteiger partial charge in [0.05, 0.1) is 5.56 Å². The minimum Gasteiger partial charge on any atom is -0.398 e. The fraction of sp³-hybridized carbons (Fsp3) is 0.250. The standard InChI is InChI=1S/C16H20N4O/c1-2-10-20(11-12-6-3-4-8-14(12)17)16-13(15(18)21)7-5-9-19-16/h3-9H,2,10-11,17H2,1H3,(H2,18,21). The second kappa shape index (κ2) is 6.74. The number of anilines is 2. The number of hydrogen-bond acceptors (Lipinski definition) is 4. The van der Waals surface area contributed by atoms with Crippen molar-refractivity contribution in [1.29, 1.82) is 0 Å². The smallest absolute Gasteiger partial charge is 0.252 e. The Morgan fingerprint density at radius 2 is 2.00 bits per heavy atom. The molecule has 2 rings (SSSR count). The van der Waals surface area contributed by atoms with Crippen LogP contribution in [0, 0.1) is 0 Å². The molecule has 4 N–H and O–H groups in total. The predicted octanol–water partition coefficient (Wildman–Crippen LogP) is 2.18. The van der Waals surface area contributed by atoms with Crippen molar-refractivity contribution in [1.82, 2.24) is 4.98 Å². The summed E-state index contributed by atoms with van der Waals surface area (Å²) in [4.78, 5) is 17.9. The lowest BCUT2D eigenvalue weighted by Gasteiger charge is -2.25. The lowest BCUT2D eigenvalue weighted by molar-refractivity contribution is 0.100. The maximum atomic E-state index is 11.6. The van der Waals surface area contributed by atoms with Crippen molar-refractivity contribution in [3.63, 3.8) is 0 Å². The molecule has 1 aromatic heterocycles. The van der Waals surface area contributed by atoms with Crippen molar-refractivity contribution >= 4 is 17.4 Å². The van der Waals surface area contributed by atoms with Gasteiger partial charge in [0.25, 0.3) is 5.91 Å². The van der Waals surface area contributed by atoms with E-state index < -0.39 is 5.91 Å². The molecular weight excluding hydrogens is 264 g/mol. The number of nitrogens with two attached hydrogens (primary N) is 2. The van der Waals surface area contributed by atoms with Crippen molar-refractivity contribution in [2.45, 2.75) is 19.9 Å². The highest BCUT2D eigenvalue weighted by atomic mass is 16.1. The topological polar surface area (TPSA) is 85.2 Å². The number of pyridine rings is 1. The number of carbonyl (C=O) groups is 1. The first kappa shape index (κ1) is 14.8. The molecule has 0 atom stereocenters. The van der Waals surface area contributed by atoms with Gasteiger partial charge in [-0.2, -0.15) is 0 Å². The van der Waals surface area contributed by atoms with E-state index in [9.17, 15) is 4.79 Å². The molecule has 0 aliphatic rings. The fourth-order valence-corrected chi connectivity index (χ4v) is 2.25. The van der Waals surface area contributed by atoms with Crippen LogP contribution < -0.4 is 16.4 Å². The molecule has 1 amide bonds. The molecule has 1 heterocycles. The molecule has 0 bridgehead atoms. The van der Waals surface area contributed by atoms with Crippen molar-refractivity contribution in [3.05, 3.63) is 53.7 Å². The quantitative estimate of drug-likeness (QED) is 0.796. The first-order chi connectivity index (χ1) is 10.1. The minimum absolute atomic E-state index is 0.431. The van der Waals surface area contributed by atoms with Gasteiger partial charge in [-0.3, -0.25) is 4.79 Å². The van der Waals surface area contributed by atoms with E-state index in [0.717, 1.165) is 24.2 Å². The maximum absolute atomic E-state index is 11.6. The normalized spacial score (nSPS) is 10.3. The number of primary amides is 1. The van der Waals surface area contributed by atoms with Crippen LogP contribution in [0.1, 0.15) is 29.3 Å². The number of nitrogens with zero attached hydrogens (tertiary/aromatic N) is 2. The summed E-state index contributed by atoms with van der Waals surface area (Å²) in [6, 6.07) is 11.1. The zero-order valence-corrected chi connectivity index (χ0v) is 12.1. The van der Waals surface area contributed by atoms with Gasteiger partial charge in [-0.25, -0.2) is 4.98 Å². The van der Waals surface area contributed by atoms with Crippen molar-refractivity contribution < 1.29 is 4.79 Å². The van der Waals surface area contributed by atoms with Gasteiger partial charge in [0.15, 0.2) is 0 Å². The summed E-state index contributed by atoms with van der Waals surface area (Å²) < 4.78 is 0. The first-order valence-electron chi connectivity index (χ1n) is 6.96. The zero-order chi connectivity index (χ0) is 15.2. The van der Waals surface area contributed by atoms with Crippen LogP contribution in [0.2, 0.25) is 0 Å². The lowest BCUT2D eigenvalue weighted by Crippen LogP contribution is -2.28. The molecule has 0 radical (unpaired) electrons. The van der Waals surface area contributed by atoms with E-state index in [-0.39, 0.29) is 0 Å². The monoisotopic (exact) mass is 284 g/mol. The molecule has 1 aromatic carbocycles. The highest BCUT2D eigenvalue weighted by Gasteiger charge is 2.16. The van der Waals surface area contributed by atoms with Crippen LogP contribution >= 0.6 is 0 Å². The highest BCUT2D eigenvalue weighted by Crippen LogP contribution is 2.21. The molecular formula is C16H20N4O. The van der Waals surface area contributed by atoms with E-state index in [1.165, 1.54) is 0 Å². The number of nitrogen functional groups attached to an aromatic ring is 1. The third kappa shape index (κ3) is 3.51. The van der Waals surface area contributed by atoms with Gasteiger partial charge in [0, 0.05) is 25.0 Å². The molecule has 0 aliphatic heterocycles. The van der Waals surface area contributed by atoms with Gasteiger partial charge in [0.2, 0.25) is 0 Å². The van der Waals surface area contributed by atoms with Crippen LogP contribution in [0.5, 0.6) is 0 Å². The molecule has 110 valence electrons. The number of benzene rings is 1. The molecule has 2 aromatic rings. The largest absolute Gasteiger partial charge is 0.398 e. The van der Waals surface area contributed by atoms with Crippen molar-refractivity contribution in [2.75, 3.05) is 17.2 Å². The Morgan fingerprint density at radius 3 is 2.67 bits per heavy atom. The van der Waals surface area contributed by atoms with E-state index in [4.69, 9.17) is 11.5 Å². The van der Waals surface area contributed by atoms with Gasteiger partial charge in [0.1, 0.15) is 5.82 Å². The molecule has 5 nitrogen and oxygen atoms in total. The second-order valence-electron chi connectivity index (χ2n) is 4.86. The molecule has 0 saturated heterocycles. The third-order valence-corrected chi connectivity index (χ3v) is 3.26. The summed E-state index contributed by atoms with van der Waals surface area (Å²) in [5, 5.41) is 0. The van der Waals surface area contributed by atoms with E-state index in [1.807, 2.05) is 29.2 Å². The molecule has 0 spiro atoms. The highest BCUT2D eigenvalue weighted by molar-refractivity contribution is 5.97. The van der Waals surface area contributed by atoms with Crippen LogP contribution in [0.25, 0.3) is 0 Å². The van der Waals surface area contributed by atoms with Crippen LogP contribution in [0.4, 0.5) is 11.5 Å². The van der Waals surface area contributed by atoms with E-state index in [0.29, 0.717) is 17.9 Å². The minimum atomic E-state index is -0.472. The second-order valence-corrected chi connectivity index (χ2v) is 4.86. The average Bonchev–Trinajstić information content (AvgIpc) is 2.49. The molecule has 21 heavy (non-hydrogen) atoms. The molecule has 5 heteroatoms.